The zero-order valence-corrected chi connectivity index (χ0v) is 11.7. The largest absolute Gasteiger partial charge is 0.301 e. The smallest absolute Gasteiger partial charge is 0.209 e. The Hall–Kier alpha value is -0.910. The van der Waals surface area contributed by atoms with Crippen LogP contribution in [0.4, 0.5) is 0 Å². The third-order valence-electron chi connectivity index (χ3n) is 3.48. The van der Waals surface area contributed by atoms with Crippen LogP contribution in [-0.4, -0.2) is 45.2 Å². The van der Waals surface area contributed by atoms with Gasteiger partial charge in [0.05, 0.1) is 6.26 Å². The molecule has 0 saturated carbocycles. The summed E-state index contributed by atoms with van der Waals surface area (Å²) in [7, 11) is -1.08. The number of likely N-dealkylation sites (N-methyl/N-ethyl adjacent to an activating group) is 1. The summed E-state index contributed by atoms with van der Waals surface area (Å²) in [5, 5.41) is 0. The van der Waals surface area contributed by atoms with Gasteiger partial charge in [0.15, 0.2) is 0 Å². The van der Waals surface area contributed by atoms with Gasteiger partial charge in [0.25, 0.3) is 0 Å². The van der Waals surface area contributed by atoms with E-state index >= 15 is 0 Å². The number of hydrogen-bond acceptors (Lipinski definition) is 3. The number of sulfonamides is 1. The van der Waals surface area contributed by atoms with Gasteiger partial charge in [-0.3, -0.25) is 0 Å². The van der Waals surface area contributed by atoms with Crippen LogP contribution in [0.15, 0.2) is 30.3 Å². The molecule has 100 valence electrons. The van der Waals surface area contributed by atoms with E-state index in [-0.39, 0.29) is 12.1 Å². The van der Waals surface area contributed by atoms with Crippen LogP contribution in [0.5, 0.6) is 0 Å². The minimum Gasteiger partial charge on any atom is -0.301 e. The number of nitrogens with one attached hydrogen (secondary N) is 1. The highest BCUT2D eigenvalue weighted by atomic mass is 32.2. The second-order valence-electron chi connectivity index (χ2n) is 5.02. The molecule has 0 spiro atoms. The van der Waals surface area contributed by atoms with Gasteiger partial charge in [0, 0.05) is 12.1 Å². The van der Waals surface area contributed by atoms with Gasteiger partial charge < -0.3 is 4.90 Å². The van der Waals surface area contributed by atoms with Crippen molar-refractivity contribution in [1.29, 1.82) is 0 Å². The van der Waals surface area contributed by atoms with Crippen molar-refractivity contribution in [3.63, 3.8) is 0 Å². The van der Waals surface area contributed by atoms with Crippen molar-refractivity contribution >= 4 is 10.0 Å². The van der Waals surface area contributed by atoms with E-state index in [1.165, 1.54) is 11.8 Å². The summed E-state index contributed by atoms with van der Waals surface area (Å²) in [5.74, 6) is 0. The summed E-state index contributed by atoms with van der Waals surface area (Å²) >= 11 is 0. The molecule has 1 heterocycles. The molecule has 1 aliphatic rings. The van der Waals surface area contributed by atoms with Gasteiger partial charge in [0.1, 0.15) is 0 Å². The fourth-order valence-electron chi connectivity index (χ4n) is 2.57. The Morgan fingerprint density at radius 2 is 2.00 bits per heavy atom. The maximum Gasteiger partial charge on any atom is 0.209 e. The Morgan fingerprint density at radius 3 is 2.61 bits per heavy atom. The Balaban J connectivity index is 2.08. The molecular weight excluding hydrogens is 248 g/mol. The van der Waals surface area contributed by atoms with E-state index in [2.05, 4.69) is 28.8 Å². The maximum atomic E-state index is 11.4. The Bertz CT molecular complexity index is 487. The number of hydrogen-bond donors (Lipinski definition) is 1. The van der Waals surface area contributed by atoms with E-state index in [1.54, 1.807) is 0 Å². The Morgan fingerprint density at radius 1 is 1.33 bits per heavy atom. The molecule has 1 fully saturated rings. The third-order valence-corrected chi connectivity index (χ3v) is 4.21. The predicted octanol–water partition coefficient (Wildman–Crippen LogP) is 0.851. The van der Waals surface area contributed by atoms with E-state index in [4.69, 9.17) is 0 Å². The number of nitrogens with zero attached hydrogens (tertiary/aromatic N) is 1. The number of rotatable bonds is 4. The predicted molar refractivity (Wildman–Crippen MR) is 72.9 cm³/mol. The van der Waals surface area contributed by atoms with Crippen molar-refractivity contribution in [2.24, 2.45) is 0 Å². The molecule has 0 radical (unpaired) electrons. The molecule has 0 amide bonds. The average molecular weight is 268 g/mol. The van der Waals surface area contributed by atoms with Crippen molar-refractivity contribution in [3.8, 4) is 0 Å². The molecule has 5 heteroatoms. The average Bonchev–Trinajstić information content (AvgIpc) is 2.61. The molecule has 1 N–H and O–H groups in total. The van der Waals surface area contributed by atoms with Crippen LogP contribution >= 0.6 is 0 Å². The van der Waals surface area contributed by atoms with Crippen molar-refractivity contribution in [1.82, 2.24) is 9.62 Å². The van der Waals surface area contributed by atoms with Crippen molar-refractivity contribution in [2.75, 3.05) is 19.8 Å². The van der Waals surface area contributed by atoms with Gasteiger partial charge in [-0.25, -0.2) is 13.1 Å². The van der Waals surface area contributed by atoms with Crippen molar-refractivity contribution in [2.45, 2.75) is 24.9 Å². The summed E-state index contributed by atoms with van der Waals surface area (Å²) in [5.41, 5.74) is 1.25. The summed E-state index contributed by atoms with van der Waals surface area (Å²) < 4.78 is 25.5. The second-order valence-corrected chi connectivity index (χ2v) is 6.80. The molecule has 0 aromatic heterocycles. The van der Waals surface area contributed by atoms with E-state index in [9.17, 15) is 8.42 Å². The van der Waals surface area contributed by atoms with Gasteiger partial charge in [0.2, 0.25) is 10.0 Å². The minimum absolute atomic E-state index is 0.0187. The lowest BCUT2D eigenvalue weighted by Gasteiger charge is -2.25. The van der Waals surface area contributed by atoms with Gasteiger partial charge in [-0.15, -0.1) is 0 Å². The second kappa shape index (κ2) is 5.38. The molecule has 18 heavy (non-hydrogen) atoms. The van der Waals surface area contributed by atoms with Crippen LogP contribution < -0.4 is 4.72 Å². The molecule has 1 aromatic rings. The fourth-order valence-corrected chi connectivity index (χ4v) is 3.40. The van der Waals surface area contributed by atoms with E-state index < -0.39 is 10.0 Å². The first-order valence-electron chi connectivity index (χ1n) is 6.17. The normalized spacial score (nSPS) is 25.4. The number of benzene rings is 1. The van der Waals surface area contributed by atoms with Crippen LogP contribution in [0, 0.1) is 0 Å². The summed E-state index contributed by atoms with van der Waals surface area (Å²) in [4.78, 5) is 2.23. The van der Waals surface area contributed by atoms with Crippen molar-refractivity contribution < 1.29 is 8.42 Å². The summed E-state index contributed by atoms with van der Waals surface area (Å²) in [6.45, 7) is 0.935. The first kappa shape index (κ1) is 13.5. The zero-order valence-electron chi connectivity index (χ0n) is 10.8. The van der Waals surface area contributed by atoms with E-state index in [0.717, 1.165) is 19.4 Å². The van der Waals surface area contributed by atoms with Crippen LogP contribution in [0.2, 0.25) is 0 Å². The van der Waals surface area contributed by atoms with Crippen LogP contribution in [-0.2, 0) is 16.4 Å². The SMILES string of the molecule is CN1CC[C@@H](NS(C)(=O)=O)[C@@H]1Cc1ccccc1. The lowest BCUT2D eigenvalue weighted by atomic mass is 10.0. The summed E-state index contributed by atoms with van der Waals surface area (Å²) in [6, 6.07) is 10.5. The van der Waals surface area contributed by atoms with Gasteiger partial charge in [-0.1, -0.05) is 30.3 Å². The molecule has 0 bridgehead atoms. The van der Waals surface area contributed by atoms with Gasteiger partial charge >= 0.3 is 0 Å². The molecule has 1 aliphatic heterocycles. The molecule has 1 saturated heterocycles. The summed E-state index contributed by atoms with van der Waals surface area (Å²) in [6.07, 6.45) is 2.98. The zero-order chi connectivity index (χ0) is 13.2. The van der Waals surface area contributed by atoms with Crippen LogP contribution in [0.3, 0.4) is 0 Å². The highest BCUT2D eigenvalue weighted by Gasteiger charge is 2.33. The topological polar surface area (TPSA) is 49.4 Å². The molecule has 2 rings (SSSR count). The first-order valence-corrected chi connectivity index (χ1v) is 8.06. The quantitative estimate of drug-likeness (QED) is 0.881. The van der Waals surface area contributed by atoms with Crippen LogP contribution in [0.1, 0.15) is 12.0 Å². The highest BCUT2D eigenvalue weighted by molar-refractivity contribution is 7.88. The number of likely N-dealkylation sites (tertiary alicyclic amines) is 1. The van der Waals surface area contributed by atoms with Gasteiger partial charge in [-0.05, 0) is 32.0 Å². The van der Waals surface area contributed by atoms with E-state index in [0.29, 0.717) is 0 Å². The fraction of sp³-hybridized carbons (Fsp3) is 0.538. The highest BCUT2D eigenvalue weighted by Crippen LogP contribution is 2.20. The van der Waals surface area contributed by atoms with Crippen molar-refractivity contribution in [3.05, 3.63) is 35.9 Å². The van der Waals surface area contributed by atoms with Gasteiger partial charge in [-0.2, -0.15) is 0 Å². The molecule has 2 atom stereocenters. The van der Waals surface area contributed by atoms with Crippen LogP contribution in [0.25, 0.3) is 0 Å². The monoisotopic (exact) mass is 268 g/mol. The Labute approximate surface area is 109 Å². The molecule has 1 aromatic carbocycles. The molecular formula is C13H20N2O2S. The lowest BCUT2D eigenvalue weighted by Crippen LogP contribution is -2.44. The van der Waals surface area contributed by atoms with E-state index in [1.807, 2.05) is 18.2 Å². The molecule has 4 nitrogen and oxygen atoms in total. The minimum atomic E-state index is -3.13. The molecule has 0 unspecified atom stereocenters. The standard InChI is InChI=1S/C13H20N2O2S/c1-15-9-8-12(14-18(2,16)17)13(15)10-11-6-4-3-5-7-11/h3-7,12-14H,8-10H2,1-2H3/t12-,13+/m1/s1. The Kier molecular flexibility index (Phi) is 4.04. The maximum absolute atomic E-state index is 11.4. The third kappa shape index (κ3) is 3.54. The lowest BCUT2D eigenvalue weighted by molar-refractivity contribution is 0.290. The molecule has 0 aliphatic carbocycles. The first-order chi connectivity index (χ1) is 8.46.